The van der Waals surface area contributed by atoms with E-state index in [1.807, 2.05) is 0 Å². The monoisotopic (exact) mass is 248 g/mol. The summed E-state index contributed by atoms with van der Waals surface area (Å²) in [5.41, 5.74) is 0.215. The van der Waals surface area contributed by atoms with Gasteiger partial charge in [-0.15, -0.1) is 0 Å². The molecule has 15 heavy (non-hydrogen) atoms. The molecule has 0 spiro atoms. The summed E-state index contributed by atoms with van der Waals surface area (Å²) in [6.45, 7) is 0. The van der Waals surface area contributed by atoms with E-state index in [1.54, 1.807) is 0 Å². The van der Waals surface area contributed by atoms with E-state index in [4.69, 9.17) is 0 Å². The van der Waals surface area contributed by atoms with E-state index in [0.29, 0.717) is 0 Å². The first-order valence-electron chi connectivity index (χ1n) is 6.02. The van der Waals surface area contributed by atoms with E-state index in [1.165, 1.54) is 37.2 Å². The highest BCUT2D eigenvalue weighted by molar-refractivity contribution is 7.99. The molecule has 1 aliphatic heterocycles. The summed E-state index contributed by atoms with van der Waals surface area (Å²) in [4.78, 5) is 18.4. The average molecular weight is 248 g/mol. The molecule has 1 aliphatic carbocycles. The first kappa shape index (κ1) is 12.2. The summed E-state index contributed by atoms with van der Waals surface area (Å²) in [7, 11) is -1.66. The fraction of sp³-hybridized carbons (Fsp3) is 1.00. The van der Waals surface area contributed by atoms with Gasteiger partial charge in [-0.25, -0.2) is 0 Å². The third-order valence-corrected chi connectivity index (χ3v) is 6.34. The van der Waals surface area contributed by atoms with Gasteiger partial charge in [0.25, 0.3) is 0 Å². The highest BCUT2D eigenvalue weighted by Gasteiger charge is 2.31. The van der Waals surface area contributed by atoms with Crippen molar-refractivity contribution in [1.29, 1.82) is 0 Å². The Kier molecular flexibility index (Phi) is 4.75. The molecule has 4 heteroatoms. The number of hydrogen-bond donors (Lipinski definition) is 2. The van der Waals surface area contributed by atoms with Crippen LogP contribution in [0.2, 0.25) is 0 Å². The molecule has 2 fully saturated rings. The second-order valence-corrected chi connectivity index (χ2v) is 7.39. The Labute approximate surface area is 97.8 Å². The molecule has 0 aromatic heterocycles. The van der Waals surface area contributed by atoms with Crippen LogP contribution in [0.3, 0.4) is 0 Å². The predicted molar refractivity (Wildman–Crippen MR) is 67.2 cm³/mol. The molecule has 2 N–H and O–H groups in total. The molecule has 1 saturated heterocycles. The van der Waals surface area contributed by atoms with E-state index in [2.05, 4.69) is 11.8 Å². The van der Waals surface area contributed by atoms with Gasteiger partial charge in [0, 0.05) is 5.66 Å². The van der Waals surface area contributed by atoms with Crippen LogP contribution in [0.5, 0.6) is 0 Å². The van der Waals surface area contributed by atoms with E-state index < -0.39 is 8.38 Å². The van der Waals surface area contributed by atoms with Crippen molar-refractivity contribution in [2.24, 2.45) is 11.8 Å². The van der Waals surface area contributed by atoms with Crippen LogP contribution in [-0.4, -0.2) is 27.0 Å². The zero-order valence-electron chi connectivity index (χ0n) is 9.14. The Morgan fingerprint density at radius 3 is 2.20 bits per heavy atom. The largest absolute Gasteiger partial charge is 0.350 e. The normalized spacial score (nSPS) is 38.2. The third-order valence-electron chi connectivity index (χ3n) is 3.93. The average Bonchev–Trinajstić information content (AvgIpc) is 2.30. The number of hydrogen-bond acceptors (Lipinski definition) is 3. The molecule has 0 amide bonds. The van der Waals surface area contributed by atoms with Crippen molar-refractivity contribution in [2.45, 2.75) is 44.2 Å². The van der Waals surface area contributed by atoms with Crippen molar-refractivity contribution in [3.63, 3.8) is 0 Å². The van der Waals surface area contributed by atoms with Gasteiger partial charge in [0.05, 0.1) is 0 Å². The predicted octanol–water partition coefficient (Wildman–Crippen LogP) is 2.98. The Balaban J connectivity index is 1.77. The van der Waals surface area contributed by atoms with Crippen LogP contribution in [0, 0.1) is 11.8 Å². The molecule has 2 nitrogen and oxygen atoms in total. The molecule has 2 rings (SSSR count). The molecule has 0 bridgehead atoms. The zero-order valence-corrected chi connectivity index (χ0v) is 10.8. The van der Waals surface area contributed by atoms with Crippen LogP contribution >= 0.6 is 20.1 Å². The van der Waals surface area contributed by atoms with Crippen LogP contribution in [0.4, 0.5) is 0 Å². The zero-order chi connectivity index (χ0) is 10.7. The van der Waals surface area contributed by atoms with Crippen LogP contribution in [0.15, 0.2) is 0 Å². The highest BCUT2D eigenvalue weighted by Crippen LogP contribution is 2.45. The molecule has 0 aromatic rings. The Morgan fingerprint density at radius 2 is 1.67 bits per heavy atom. The molecule has 1 atom stereocenters. The highest BCUT2D eigenvalue weighted by atomic mass is 32.2. The first-order valence-corrected chi connectivity index (χ1v) is 8.49. The Morgan fingerprint density at radius 1 is 0.933 bits per heavy atom. The maximum Gasteiger partial charge on any atom is 0.168 e. The molecule has 1 unspecified atom stereocenters. The summed E-state index contributed by atoms with van der Waals surface area (Å²) < 4.78 is 0. The molecule has 2 aliphatic rings. The molecule has 0 aromatic carbocycles. The van der Waals surface area contributed by atoms with Gasteiger partial charge < -0.3 is 9.79 Å². The SMILES string of the molecule is OP(O)C1CCC(C2CCCSC2)CC1. The van der Waals surface area contributed by atoms with Crippen molar-refractivity contribution in [1.82, 2.24) is 0 Å². The second kappa shape index (κ2) is 5.86. The van der Waals surface area contributed by atoms with E-state index in [-0.39, 0.29) is 5.66 Å². The summed E-state index contributed by atoms with van der Waals surface area (Å²) >= 11 is 2.11. The summed E-state index contributed by atoms with van der Waals surface area (Å²) in [5.74, 6) is 4.50. The third kappa shape index (κ3) is 3.33. The fourth-order valence-corrected chi connectivity index (χ4v) is 4.98. The lowest BCUT2D eigenvalue weighted by atomic mass is 9.78. The molecule has 0 radical (unpaired) electrons. The van der Waals surface area contributed by atoms with Crippen molar-refractivity contribution >= 4 is 20.1 Å². The summed E-state index contributed by atoms with van der Waals surface area (Å²) in [5, 5.41) is 0. The van der Waals surface area contributed by atoms with Gasteiger partial charge in [-0.05, 0) is 61.9 Å². The van der Waals surface area contributed by atoms with Gasteiger partial charge >= 0.3 is 0 Å². The fourth-order valence-electron chi connectivity index (χ4n) is 2.94. The minimum absolute atomic E-state index is 0.215. The van der Waals surface area contributed by atoms with Crippen molar-refractivity contribution < 1.29 is 9.79 Å². The van der Waals surface area contributed by atoms with Gasteiger partial charge in [0.1, 0.15) is 0 Å². The van der Waals surface area contributed by atoms with Crippen LogP contribution < -0.4 is 0 Å². The second-order valence-electron chi connectivity index (χ2n) is 4.87. The standard InChI is InChI=1S/C11H21O2PS/c12-14(13)11-5-3-9(4-6-11)10-2-1-7-15-8-10/h9-13H,1-8H2. The maximum atomic E-state index is 9.19. The lowest BCUT2D eigenvalue weighted by molar-refractivity contribution is 0.248. The maximum absolute atomic E-state index is 9.19. The summed E-state index contributed by atoms with van der Waals surface area (Å²) in [6, 6.07) is 0. The number of thioether (sulfide) groups is 1. The van der Waals surface area contributed by atoms with Crippen LogP contribution in [0.25, 0.3) is 0 Å². The van der Waals surface area contributed by atoms with Crippen molar-refractivity contribution in [3.05, 3.63) is 0 Å². The smallest absolute Gasteiger partial charge is 0.168 e. The van der Waals surface area contributed by atoms with Gasteiger partial charge in [-0.3, -0.25) is 0 Å². The van der Waals surface area contributed by atoms with Crippen molar-refractivity contribution in [2.75, 3.05) is 11.5 Å². The van der Waals surface area contributed by atoms with Gasteiger partial charge in [-0.1, -0.05) is 0 Å². The molecular weight excluding hydrogens is 227 g/mol. The minimum Gasteiger partial charge on any atom is -0.350 e. The Bertz CT molecular complexity index is 187. The lowest BCUT2D eigenvalue weighted by Gasteiger charge is -2.35. The van der Waals surface area contributed by atoms with Crippen molar-refractivity contribution in [3.8, 4) is 0 Å². The van der Waals surface area contributed by atoms with E-state index in [0.717, 1.165) is 24.7 Å². The molecule has 1 heterocycles. The van der Waals surface area contributed by atoms with Crippen LogP contribution in [-0.2, 0) is 0 Å². The molecule has 88 valence electrons. The van der Waals surface area contributed by atoms with E-state index >= 15 is 0 Å². The van der Waals surface area contributed by atoms with E-state index in [9.17, 15) is 9.79 Å². The summed E-state index contributed by atoms with van der Waals surface area (Å²) in [6.07, 6.45) is 7.36. The van der Waals surface area contributed by atoms with Gasteiger partial charge in [0.15, 0.2) is 8.38 Å². The van der Waals surface area contributed by atoms with Gasteiger partial charge in [0.2, 0.25) is 0 Å². The molecular formula is C11H21O2PS. The quantitative estimate of drug-likeness (QED) is 0.738. The first-order chi connectivity index (χ1) is 7.27. The number of rotatable bonds is 2. The topological polar surface area (TPSA) is 40.5 Å². The van der Waals surface area contributed by atoms with Gasteiger partial charge in [-0.2, -0.15) is 11.8 Å². The lowest BCUT2D eigenvalue weighted by Crippen LogP contribution is -2.26. The minimum atomic E-state index is -1.66. The molecule has 1 saturated carbocycles. The Hall–Kier alpha value is 0.700. The van der Waals surface area contributed by atoms with Crippen LogP contribution in [0.1, 0.15) is 38.5 Å².